The number of esters is 1. The third-order valence-corrected chi connectivity index (χ3v) is 5.93. The van der Waals surface area contributed by atoms with Crippen molar-refractivity contribution in [2.45, 2.75) is 12.6 Å². The number of piperidine rings is 1. The third-order valence-electron chi connectivity index (χ3n) is 3.13. The molecule has 2 aliphatic rings. The predicted octanol–water partition coefficient (Wildman–Crippen LogP) is 0.799. The molecule has 0 N–H and O–H groups in total. The van der Waals surface area contributed by atoms with Gasteiger partial charge in [0.2, 0.25) is 0 Å². The van der Waals surface area contributed by atoms with Crippen molar-refractivity contribution >= 4 is 19.8 Å². The Morgan fingerprint density at radius 2 is 2.19 bits per heavy atom. The molecule has 4 nitrogen and oxygen atoms in total. The van der Waals surface area contributed by atoms with Crippen LogP contribution in [0.3, 0.4) is 0 Å². The smallest absolute Gasteiger partial charge is 0.317 e. The minimum atomic E-state index is -1.53. The van der Waals surface area contributed by atoms with E-state index in [9.17, 15) is 14.0 Å². The Labute approximate surface area is 94.9 Å². The number of methoxy groups -OCH3 is 1. The number of alkyl halides is 1. The normalized spacial score (nSPS) is 32.2. The fraction of sp³-hybridized carbons (Fsp3) is 0.800. The second kappa shape index (κ2) is 4.76. The van der Waals surface area contributed by atoms with Crippen LogP contribution in [0, 0.1) is 5.92 Å². The molecule has 0 aliphatic carbocycles. The maximum absolute atomic E-state index is 13.5. The van der Waals surface area contributed by atoms with Crippen molar-refractivity contribution in [3.05, 3.63) is 0 Å². The molecule has 6 heteroatoms. The van der Waals surface area contributed by atoms with E-state index in [2.05, 4.69) is 4.74 Å². The Kier molecular flexibility index (Phi) is 3.55. The molecule has 2 fully saturated rings. The van der Waals surface area contributed by atoms with Gasteiger partial charge in [-0.2, -0.15) is 0 Å². The van der Waals surface area contributed by atoms with Gasteiger partial charge in [-0.15, -0.1) is 0 Å². The largest absolute Gasteiger partial charge is 0.468 e. The summed E-state index contributed by atoms with van der Waals surface area (Å²) in [5.41, 5.74) is 0. The molecule has 0 aromatic heterocycles. The van der Waals surface area contributed by atoms with Gasteiger partial charge >= 0.3 is 5.97 Å². The molecule has 2 aliphatic heterocycles. The topological polar surface area (TPSA) is 46.6 Å². The molecule has 0 aromatic rings. The minimum absolute atomic E-state index is 0.165. The van der Waals surface area contributed by atoms with Gasteiger partial charge in [-0.3, -0.25) is 14.3 Å². The fourth-order valence-corrected chi connectivity index (χ4v) is 3.95. The molecule has 2 rings (SSSR count). The molecule has 2 unspecified atom stereocenters. The van der Waals surface area contributed by atoms with Gasteiger partial charge in [0.1, 0.15) is 5.92 Å². The van der Waals surface area contributed by atoms with Gasteiger partial charge in [-0.25, -0.2) is 4.39 Å². The highest BCUT2D eigenvalue weighted by Gasteiger charge is 2.43. The first-order valence-electron chi connectivity index (χ1n) is 5.39. The van der Waals surface area contributed by atoms with E-state index >= 15 is 0 Å². The van der Waals surface area contributed by atoms with E-state index in [-0.39, 0.29) is 14.6 Å². The van der Waals surface area contributed by atoms with Gasteiger partial charge < -0.3 is 4.74 Å². The summed E-state index contributed by atoms with van der Waals surface area (Å²) in [4.78, 5) is 22.9. The highest BCUT2D eigenvalue weighted by atomic mass is 31.1. The van der Waals surface area contributed by atoms with Crippen LogP contribution in [0.25, 0.3) is 0 Å². The lowest BCUT2D eigenvalue weighted by molar-refractivity contribution is -0.153. The van der Waals surface area contributed by atoms with Crippen molar-refractivity contribution in [2.24, 2.45) is 5.92 Å². The average Bonchev–Trinajstić information content (AvgIpc) is 2.19. The molecule has 0 spiro atoms. The first-order valence-corrected chi connectivity index (χ1v) is 7.05. The number of ether oxygens (including phenoxy) is 1. The van der Waals surface area contributed by atoms with Crippen LogP contribution in [0.2, 0.25) is 0 Å². The van der Waals surface area contributed by atoms with E-state index in [0.29, 0.717) is 6.54 Å². The summed E-state index contributed by atoms with van der Waals surface area (Å²) in [6.07, 6.45) is 1.85. The van der Waals surface area contributed by atoms with Gasteiger partial charge in [0.15, 0.2) is 12.0 Å². The monoisotopic (exact) mass is 247 g/mol. The number of carbonyl (C=O) groups is 2. The third kappa shape index (κ3) is 2.11. The number of Topliss-reactive ketones (excluding diaryl/α,β-unsaturated/α-hetero) is 1. The first kappa shape index (κ1) is 11.9. The van der Waals surface area contributed by atoms with Crippen LogP contribution < -0.4 is 0 Å². The van der Waals surface area contributed by atoms with E-state index in [1.165, 1.54) is 13.5 Å². The molecule has 16 heavy (non-hydrogen) atoms. The maximum atomic E-state index is 13.5. The van der Waals surface area contributed by atoms with E-state index in [1.807, 2.05) is 4.67 Å². The van der Waals surface area contributed by atoms with Crippen LogP contribution in [0.5, 0.6) is 0 Å². The Hall–Kier alpha value is -0.540. The van der Waals surface area contributed by atoms with Crippen LogP contribution >= 0.6 is 8.07 Å². The molecule has 0 saturated carbocycles. The number of hydrogen-bond acceptors (Lipinski definition) is 4. The molecule has 0 aromatic carbocycles. The van der Waals surface area contributed by atoms with Gasteiger partial charge in [-0.05, 0) is 26.8 Å². The molecular formula is C10H15FNO3P. The van der Waals surface area contributed by atoms with Gasteiger partial charge in [-0.1, -0.05) is 0 Å². The number of nitrogens with zero attached hydrogens (tertiary/aromatic N) is 1. The Bertz CT molecular complexity index is 308. The molecule has 2 atom stereocenters. The van der Waals surface area contributed by atoms with Gasteiger partial charge in [0.25, 0.3) is 0 Å². The van der Waals surface area contributed by atoms with Crippen molar-refractivity contribution in [1.82, 2.24) is 4.67 Å². The lowest BCUT2D eigenvalue weighted by Gasteiger charge is -2.42. The fourth-order valence-electron chi connectivity index (χ4n) is 2.01. The number of carbonyl (C=O) groups excluding carboxylic acids is 2. The van der Waals surface area contributed by atoms with Crippen molar-refractivity contribution < 1.29 is 18.7 Å². The summed E-state index contributed by atoms with van der Waals surface area (Å²) >= 11 is 0. The maximum Gasteiger partial charge on any atom is 0.317 e. The summed E-state index contributed by atoms with van der Waals surface area (Å²) in [5.74, 6) is -2.14. The summed E-state index contributed by atoms with van der Waals surface area (Å²) in [7, 11) is 0.948. The zero-order chi connectivity index (χ0) is 11.7. The van der Waals surface area contributed by atoms with Crippen LogP contribution in [-0.4, -0.2) is 55.1 Å². The number of hydrogen-bond donors (Lipinski definition) is 0. The number of ketones is 1. The minimum Gasteiger partial charge on any atom is -0.468 e. The molecule has 2 heterocycles. The Morgan fingerprint density at radius 1 is 1.50 bits per heavy atom. The average molecular weight is 247 g/mol. The lowest BCUT2D eigenvalue weighted by Crippen LogP contribution is -2.50. The second-order valence-corrected chi connectivity index (χ2v) is 6.60. The molecule has 0 amide bonds. The number of rotatable bonds is 2. The van der Waals surface area contributed by atoms with E-state index in [0.717, 1.165) is 12.3 Å². The van der Waals surface area contributed by atoms with Crippen molar-refractivity contribution in [3.8, 4) is 0 Å². The zero-order valence-electron chi connectivity index (χ0n) is 9.19. The second-order valence-electron chi connectivity index (χ2n) is 4.12. The summed E-state index contributed by atoms with van der Waals surface area (Å²) in [6.45, 7) is 0.510. The van der Waals surface area contributed by atoms with E-state index in [4.69, 9.17) is 0 Å². The first-order chi connectivity index (χ1) is 7.63. The van der Waals surface area contributed by atoms with E-state index < -0.39 is 23.8 Å². The van der Waals surface area contributed by atoms with Crippen LogP contribution in [-0.2, 0) is 14.3 Å². The van der Waals surface area contributed by atoms with Gasteiger partial charge in [0.05, 0.1) is 7.11 Å². The van der Waals surface area contributed by atoms with Crippen LogP contribution in [0.15, 0.2) is 0 Å². The van der Waals surface area contributed by atoms with E-state index in [1.54, 1.807) is 0 Å². The number of halogens is 1. The zero-order valence-corrected chi connectivity index (χ0v) is 10.1. The highest BCUT2D eigenvalue weighted by Crippen LogP contribution is 2.50. The highest BCUT2D eigenvalue weighted by molar-refractivity contribution is 7.56. The summed E-state index contributed by atoms with van der Waals surface area (Å²) < 4.78 is 20.0. The predicted molar refractivity (Wildman–Crippen MR) is 58.3 cm³/mol. The molecule has 0 bridgehead atoms. The van der Waals surface area contributed by atoms with Crippen LogP contribution in [0.1, 0.15) is 6.42 Å². The van der Waals surface area contributed by atoms with Crippen molar-refractivity contribution in [2.75, 3.05) is 32.5 Å². The molecule has 0 radical (unpaired) electrons. The van der Waals surface area contributed by atoms with Crippen LogP contribution in [0.4, 0.5) is 4.39 Å². The standard InChI is InChI=1S/C10H15FNO3P/c1-15-10(14)7-5-12(16-3-2-4-16)6-8(11)9(7)13/h7-8H,2-6H2,1H3. The SMILES string of the molecule is COC(=O)C1CN(P2CCC2)CC(F)C1=O. The van der Waals surface area contributed by atoms with Gasteiger partial charge in [0, 0.05) is 13.1 Å². The Morgan fingerprint density at radius 3 is 2.69 bits per heavy atom. The molecule has 2 saturated heterocycles. The molecule has 90 valence electrons. The lowest BCUT2D eigenvalue weighted by atomic mass is 9.97. The van der Waals surface area contributed by atoms with Crippen molar-refractivity contribution in [3.63, 3.8) is 0 Å². The summed E-state index contributed by atoms with van der Waals surface area (Å²) in [6, 6.07) is 0. The summed E-state index contributed by atoms with van der Waals surface area (Å²) in [5, 5.41) is 0. The quantitative estimate of drug-likeness (QED) is 0.411. The van der Waals surface area contributed by atoms with Crippen molar-refractivity contribution in [1.29, 1.82) is 0 Å². The Balaban J connectivity index is 2.05. The molecular weight excluding hydrogens is 232 g/mol.